The quantitative estimate of drug-likeness (QED) is 0.941. The van der Waals surface area contributed by atoms with Gasteiger partial charge in [-0.15, -0.1) is 0 Å². The Morgan fingerprint density at radius 3 is 2.50 bits per heavy atom. The molecule has 0 atom stereocenters. The van der Waals surface area contributed by atoms with E-state index in [1.54, 1.807) is 37.2 Å². The topological polar surface area (TPSA) is 62.3 Å². The number of anilines is 1. The summed E-state index contributed by atoms with van der Waals surface area (Å²) in [4.78, 5) is 0. The Balaban J connectivity index is 2.66. The van der Waals surface area contributed by atoms with Gasteiger partial charge >= 0.3 is 0 Å². The van der Waals surface area contributed by atoms with Crippen molar-refractivity contribution >= 4 is 17.4 Å². The van der Waals surface area contributed by atoms with Crippen LogP contribution in [0.15, 0.2) is 18.3 Å². The lowest BCUT2D eigenvalue weighted by molar-refractivity contribution is 0.231. The Morgan fingerprint density at radius 1 is 1.30 bits per heavy atom. The number of nitrogens with two attached hydrogens (primary N) is 1. The van der Waals surface area contributed by atoms with Crippen molar-refractivity contribution in [1.82, 2.24) is 9.78 Å². The molecule has 0 saturated heterocycles. The molecule has 0 aliphatic carbocycles. The second-order valence-electron chi connectivity index (χ2n) is 4.72. The number of halogens is 1. The number of rotatable bonds is 4. The maximum Gasteiger partial charge on any atom is 0.169 e. The fraction of sp³-hybridized carbons (Fsp3) is 0.357. The smallest absolute Gasteiger partial charge is 0.169 e. The van der Waals surface area contributed by atoms with Gasteiger partial charge in [-0.2, -0.15) is 5.10 Å². The van der Waals surface area contributed by atoms with E-state index in [0.717, 1.165) is 11.1 Å². The molecule has 2 N–H and O–H groups in total. The summed E-state index contributed by atoms with van der Waals surface area (Å²) >= 11 is 6.14. The number of ether oxygens (including phenoxy) is 2. The highest BCUT2D eigenvalue weighted by Crippen LogP contribution is 2.42. The first-order chi connectivity index (χ1) is 9.43. The summed E-state index contributed by atoms with van der Waals surface area (Å²) in [6, 6.07) is 3.52. The SMILES string of the molecule is COc1cc(Cl)cc(-c2cnn(C)c2N)c1OC(C)C. The highest BCUT2D eigenvalue weighted by atomic mass is 35.5. The van der Waals surface area contributed by atoms with Gasteiger partial charge in [0.05, 0.1) is 19.4 Å². The molecular weight excluding hydrogens is 278 g/mol. The van der Waals surface area contributed by atoms with Crippen LogP contribution in [0.2, 0.25) is 5.02 Å². The van der Waals surface area contributed by atoms with Crippen molar-refractivity contribution in [3.63, 3.8) is 0 Å². The fourth-order valence-electron chi connectivity index (χ4n) is 1.93. The lowest BCUT2D eigenvalue weighted by Crippen LogP contribution is -2.08. The van der Waals surface area contributed by atoms with Crippen LogP contribution in [0, 0.1) is 0 Å². The van der Waals surface area contributed by atoms with Crippen LogP contribution >= 0.6 is 11.6 Å². The van der Waals surface area contributed by atoms with E-state index in [0.29, 0.717) is 22.3 Å². The van der Waals surface area contributed by atoms with Crippen molar-refractivity contribution in [2.24, 2.45) is 7.05 Å². The molecule has 108 valence electrons. The Labute approximate surface area is 123 Å². The van der Waals surface area contributed by atoms with Gasteiger partial charge in [-0.05, 0) is 19.9 Å². The molecular formula is C14H18ClN3O2. The van der Waals surface area contributed by atoms with E-state index >= 15 is 0 Å². The minimum absolute atomic E-state index is 0.00159. The molecule has 0 amide bonds. The number of benzene rings is 1. The zero-order valence-corrected chi connectivity index (χ0v) is 12.7. The third kappa shape index (κ3) is 2.67. The van der Waals surface area contributed by atoms with E-state index in [9.17, 15) is 0 Å². The van der Waals surface area contributed by atoms with Gasteiger partial charge in [-0.1, -0.05) is 11.6 Å². The molecule has 20 heavy (non-hydrogen) atoms. The summed E-state index contributed by atoms with van der Waals surface area (Å²) in [7, 11) is 3.36. The van der Waals surface area contributed by atoms with Gasteiger partial charge in [0, 0.05) is 29.3 Å². The molecule has 0 spiro atoms. The minimum atomic E-state index is 0.00159. The predicted octanol–water partition coefficient (Wildman–Crippen LogP) is 3.12. The third-order valence-electron chi connectivity index (χ3n) is 2.87. The number of hydrogen-bond donors (Lipinski definition) is 1. The summed E-state index contributed by atoms with van der Waals surface area (Å²) in [6.07, 6.45) is 1.69. The Kier molecular flexibility index (Phi) is 4.09. The number of aryl methyl sites for hydroxylation is 1. The molecule has 2 rings (SSSR count). The first-order valence-corrected chi connectivity index (χ1v) is 6.63. The lowest BCUT2D eigenvalue weighted by Gasteiger charge is -2.17. The lowest BCUT2D eigenvalue weighted by atomic mass is 10.1. The van der Waals surface area contributed by atoms with Crippen LogP contribution in [0.3, 0.4) is 0 Å². The van der Waals surface area contributed by atoms with Crippen LogP contribution in [0.25, 0.3) is 11.1 Å². The summed E-state index contributed by atoms with van der Waals surface area (Å²) in [5, 5.41) is 4.70. The summed E-state index contributed by atoms with van der Waals surface area (Å²) in [5.74, 6) is 1.74. The van der Waals surface area contributed by atoms with Crippen LogP contribution in [0.5, 0.6) is 11.5 Å². The zero-order chi connectivity index (χ0) is 14.9. The molecule has 1 heterocycles. The Hall–Kier alpha value is -1.88. The van der Waals surface area contributed by atoms with Gasteiger partial charge in [0.15, 0.2) is 11.5 Å². The predicted molar refractivity (Wildman–Crippen MR) is 80.4 cm³/mol. The number of hydrogen-bond acceptors (Lipinski definition) is 4. The van der Waals surface area contributed by atoms with E-state index in [2.05, 4.69) is 5.10 Å². The number of methoxy groups -OCH3 is 1. The standard InChI is InChI=1S/C14H18ClN3O2/c1-8(2)20-13-10(5-9(15)6-12(13)19-4)11-7-17-18(3)14(11)16/h5-8H,16H2,1-4H3. The number of nitrogens with zero attached hydrogens (tertiary/aromatic N) is 2. The summed E-state index contributed by atoms with van der Waals surface area (Å²) in [5.41, 5.74) is 7.58. The van der Waals surface area contributed by atoms with Crippen molar-refractivity contribution in [3.8, 4) is 22.6 Å². The molecule has 5 nitrogen and oxygen atoms in total. The molecule has 0 aliphatic rings. The number of nitrogen functional groups attached to an aromatic ring is 1. The van der Waals surface area contributed by atoms with Crippen molar-refractivity contribution in [1.29, 1.82) is 0 Å². The third-order valence-corrected chi connectivity index (χ3v) is 3.09. The van der Waals surface area contributed by atoms with Crippen LogP contribution in [0.4, 0.5) is 5.82 Å². The van der Waals surface area contributed by atoms with E-state index in [4.69, 9.17) is 26.8 Å². The maximum absolute atomic E-state index is 6.14. The first-order valence-electron chi connectivity index (χ1n) is 6.26. The molecule has 6 heteroatoms. The molecule has 0 radical (unpaired) electrons. The molecule has 0 fully saturated rings. The van der Waals surface area contributed by atoms with Crippen LogP contribution in [0.1, 0.15) is 13.8 Å². The molecule has 0 unspecified atom stereocenters. The van der Waals surface area contributed by atoms with Crippen molar-refractivity contribution in [3.05, 3.63) is 23.4 Å². The molecule has 0 bridgehead atoms. The van der Waals surface area contributed by atoms with Gasteiger partial charge in [0.1, 0.15) is 5.82 Å². The molecule has 0 aliphatic heterocycles. The van der Waals surface area contributed by atoms with E-state index in [1.165, 1.54) is 0 Å². The maximum atomic E-state index is 6.14. The largest absolute Gasteiger partial charge is 0.493 e. The number of aromatic nitrogens is 2. The van der Waals surface area contributed by atoms with Crippen molar-refractivity contribution < 1.29 is 9.47 Å². The van der Waals surface area contributed by atoms with Gasteiger partial charge in [0.25, 0.3) is 0 Å². The second-order valence-corrected chi connectivity index (χ2v) is 5.15. The molecule has 1 aromatic carbocycles. The van der Waals surface area contributed by atoms with E-state index in [1.807, 2.05) is 13.8 Å². The summed E-state index contributed by atoms with van der Waals surface area (Å²) < 4.78 is 12.8. The average Bonchev–Trinajstić information content (AvgIpc) is 2.71. The first kappa shape index (κ1) is 14.5. The second kappa shape index (κ2) is 5.63. The van der Waals surface area contributed by atoms with Gasteiger partial charge in [-0.3, -0.25) is 4.68 Å². The monoisotopic (exact) mass is 295 g/mol. The van der Waals surface area contributed by atoms with Gasteiger partial charge < -0.3 is 15.2 Å². The Morgan fingerprint density at radius 2 is 2.00 bits per heavy atom. The van der Waals surface area contributed by atoms with Crippen molar-refractivity contribution in [2.45, 2.75) is 20.0 Å². The zero-order valence-electron chi connectivity index (χ0n) is 12.0. The minimum Gasteiger partial charge on any atom is -0.493 e. The van der Waals surface area contributed by atoms with Gasteiger partial charge in [-0.25, -0.2) is 0 Å². The normalized spacial score (nSPS) is 10.9. The van der Waals surface area contributed by atoms with Crippen LogP contribution in [-0.4, -0.2) is 23.0 Å². The highest BCUT2D eigenvalue weighted by Gasteiger charge is 2.19. The Bertz CT molecular complexity index is 623. The highest BCUT2D eigenvalue weighted by molar-refractivity contribution is 6.31. The molecule has 0 saturated carbocycles. The molecule has 1 aromatic heterocycles. The summed E-state index contributed by atoms with van der Waals surface area (Å²) in [6.45, 7) is 3.90. The fourth-order valence-corrected chi connectivity index (χ4v) is 2.14. The average molecular weight is 296 g/mol. The van der Waals surface area contributed by atoms with Crippen LogP contribution in [-0.2, 0) is 7.05 Å². The molecule has 2 aromatic rings. The van der Waals surface area contributed by atoms with E-state index < -0.39 is 0 Å². The van der Waals surface area contributed by atoms with E-state index in [-0.39, 0.29) is 6.10 Å². The van der Waals surface area contributed by atoms with Gasteiger partial charge in [0.2, 0.25) is 0 Å². The van der Waals surface area contributed by atoms with Crippen LogP contribution < -0.4 is 15.2 Å². The van der Waals surface area contributed by atoms with Crippen molar-refractivity contribution in [2.75, 3.05) is 12.8 Å².